The van der Waals surface area contributed by atoms with Crippen LogP contribution in [0.15, 0.2) is 12.3 Å². The van der Waals surface area contributed by atoms with Crippen LogP contribution >= 0.6 is 0 Å². The molecule has 0 radical (unpaired) electrons. The van der Waals surface area contributed by atoms with Gasteiger partial charge in [0.1, 0.15) is 5.82 Å². The Labute approximate surface area is 98.4 Å². The van der Waals surface area contributed by atoms with Crippen molar-refractivity contribution < 1.29 is 9.72 Å². The number of Topliss-reactive ketones (excluding diaryl/α,β-unsaturated/α-hetero) is 1. The summed E-state index contributed by atoms with van der Waals surface area (Å²) in [6.07, 6.45) is 2.85. The number of ketones is 1. The average Bonchev–Trinajstić information content (AvgIpc) is 2.29. The maximum Gasteiger partial charge on any atom is 0.277 e. The zero-order chi connectivity index (χ0) is 12.4. The standard InChI is InChI=1S/C11H13N3O3/c1-8-6-12-11(5-10(8)14(16)17)13-4-2-3-9(15)7-13/h5-6H,2-4,7H2,1H3. The van der Waals surface area contributed by atoms with Gasteiger partial charge >= 0.3 is 0 Å². The van der Waals surface area contributed by atoms with Gasteiger partial charge < -0.3 is 4.90 Å². The Kier molecular flexibility index (Phi) is 3.03. The number of carbonyl (C=O) groups excluding carboxylic acids is 1. The van der Waals surface area contributed by atoms with Crippen LogP contribution in [0.1, 0.15) is 18.4 Å². The van der Waals surface area contributed by atoms with Crippen LogP contribution in [0.25, 0.3) is 0 Å². The van der Waals surface area contributed by atoms with Crippen LogP contribution in [-0.2, 0) is 4.79 Å². The summed E-state index contributed by atoms with van der Waals surface area (Å²) in [6, 6.07) is 1.44. The maximum absolute atomic E-state index is 11.3. The molecule has 90 valence electrons. The van der Waals surface area contributed by atoms with Crippen molar-refractivity contribution in [2.75, 3.05) is 18.0 Å². The lowest BCUT2D eigenvalue weighted by Crippen LogP contribution is -2.36. The molecule has 0 aliphatic carbocycles. The largest absolute Gasteiger partial charge is 0.349 e. The van der Waals surface area contributed by atoms with Crippen molar-refractivity contribution in [3.63, 3.8) is 0 Å². The van der Waals surface area contributed by atoms with Gasteiger partial charge in [0.15, 0.2) is 5.78 Å². The second-order valence-corrected chi connectivity index (χ2v) is 4.15. The van der Waals surface area contributed by atoms with Crippen LogP contribution in [0.2, 0.25) is 0 Å². The minimum atomic E-state index is -0.424. The summed E-state index contributed by atoms with van der Waals surface area (Å²) in [6.45, 7) is 2.67. The Morgan fingerprint density at radius 1 is 1.53 bits per heavy atom. The molecule has 2 heterocycles. The quantitative estimate of drug-likeness (QED) is 0.573. The highest BCUT2D eigenvalue weighted by atomic mass is 16.6. The van der Waals surface area contributed by atoms with Crippen LogP contribution in [0, 0.1) is 17.0 Å². The third-order valence-corrected chi connectivity index (χ3v) is 2.83. The number of hydrogen-bond acceptors (Lipinski definition) is 5. The van der Waals surface area contributed by atoms with Crippen LogP contribution in [0.3, 0.4) is 0 Å². The number of pyridine rings is 1. The summed E-state index contributed by atoms with van der Waals surface area (Å²) in [7, 11) is 0. The molecule has 0 aromatic carbocycles. The molecule has 1 aliphatic heterocycles. The van der Waals surface area contributed by atoms with Gasteiger partial charge in [0.2, 0.25) is 0 Å². The molecule has 6 nitrogen and oxygen atoms in total. The van der Waals surface area contributed by atoms with Crippen molar-refractivity contribution in [2.24, 2.45) is 0 Å². The van der Waals surface area contributed by atoms with Gasteiger partial charge in [0, 0.05) is 24.7 Å². The van der Waals surface area contributed by atoms with Gasteiger partial charge in [-0.1, -0.05) is 0 Å². The van der Waals surface area contributed by atoms with E-state index in [9.17, 15) is 14.9 Å². The monoisotopic (exact) mass is 235 g/mol. The molecular weight excluding hydrogens is 222 g/mol. The van der Waals surface area contributed by atoms with Crippen LogP contribution in [-0.4, -0.2) is 28.8 Å². The van der Waals surface area contributed by atoms with Gasteiger partial charge in [-0.25, -0.2) is 4.98 Å². The van der Waals surface area contributed by atoms with Gasteiger partial charge in [-0.3, -0.25) is 14.9 Å². The van der Waals surface area contributed by atoms with E-state index >= 15 is 0 Å². The first-order chi connectivity index (χ1) is 8.08. The van der Waals surface area contributed by atoms with E-state index in [1.54, 1.807) is 11.8 Å². The first-order valence-corrected chi connectivity index (χ1v) is 5.45. The van der Waals surface area contributed by atoms with Crippen LogP contribution in [0.4, 0.5) is 11.5 Å². The van der Waals surface area contributed by atoms with Crippen molar-refractivity contribution in [2.45, 2.75) is 19.8 Å². The molecule has 0 amide bonds. The van der Waals surface area contributed by atoms with Gasteiger partial charge in [0.25, 0.3) is 5.69 Å². The average molecular weight is 235 g/mol. The number of nitro groups is 1. The van der Waals surface area contributed by atoms with Crippen molar-refractivity contribution in [1.82, 2.24) is 4.98 Å². The van der Waals surface area contributed by atoms with E-state index in [-0.39, 0.29) is 11.5 Å². The number of aryl methyl sites for hydroxylation is 1. The van der Waals surface area contributed by atoms with Crippen molar-refractivity contribution in [1.29, 1.82) is 0 Å². The van der Waals surface area contributed by atoms with Gasteiger partial charge in [-0.05, 0) is 13.3 Å². The van der Waals surface area contributed by atoms with E-state index in [2.05, 4.69) is 4.98 Å². The highest BCUT2D eigenvalue weighted by molar-refractivity contribution is 5.84. The number of piperidine rings is 1. The molecule has 0 atom stereocenters. The molecule has 1 aromatic rings. The molecule has 0 unspecified atom stereocenters. The first-order valence-electron chi connectivity index (χ1n) is 5.45. The summed E-state index contributed by atoms with van der Waals surface area (Å²) in [4.78, 5) is 27.7. The Morgan fingerprint density at radius 2 is 2.29 bits per heavy atom. The van der Waals surface area contributed by atoms with Gasteiger partial charge in [-0.2, -0.15) is 0 Å². The van der Waals surface area contributed by atoms with E-state index in [0.717, 1.165) is 13.0 Å². The molecule has 1 aliphatic rings. The molecule has 2 rings (SSSR count). The summed E-state index contributed by atoms with van der Waals surface area (Å²) in [5, 5.41) is 10.8. The summed E-state index contributed by atoms with van der Waals surface area (Å²) < 4.78 is 0. The predicted molar refractivity (Wildman–Crippen MR) is 62.1 cm³/mol. The van der Waals surface area contributed by atoms with Crippen molar-refractivity contribution in [3.8, 4) is 0 Å². The second-order valence-electron chi connectivity index (χ2n) is 4.15. The van der Waals surface area contributed by atoms with Crippen molar-refractivity contribution in [3.05, 3.63) is 27.9 Å². The Balaban J connectivity index is 2.29. The number of nitrogens with zero attached hydrogens (tertiary/aromatic N) is 3. The fourth-order valence-corrected chi connectivity index (χ4v) is 1.91. The summed E-state index contributed by atoms with van der Waals surface area (Å²) >= 11 is 0. The van der Waals surface area contributed by atoms with E-state index in [1.165, 1.54) is 12.3 Å². The SMILES string of the molecule is Cc1cnc(N2CCCC(=O)C2)cc1[N+](=O)[O-]. The fraction of sp³-hybridized carbons (Fsp3) is 0.455. The maximum atomic E-state index is 11.3. The lowest BCUT2D eigenvalue weighted by atomic mass is 10.1. The molecular formula is C11H13N3O3. The predicted octanol–water partition coefficient (Wildman–Crippen LogP) is 1.47. The number of hydrogen-bond donors (Lipinski definition) is 0. The molecule has 17 heavy (non-hydrogen) atoms. The Morgan fingerprint density at radius 3 is 2.94 bits per heavy atom. The highest BCUT2D eigenvalue weighted by Crippen LogP contribution is 2.23. The molecule has 0 bridgehead atoms. The minimum absolute atomic E-state index is 0.0491. The zero-order valence-electron chi connectivity index (χ0n) is 9.55. The van der Waals surface area contributed by atoms with Gasteiger partial charge in [-0.15, -0.1) is 0 Å². The topological polar surface area (TPSA) is 76.3 Å². The molecule has 1 aromatic heterocycles. The number of aromatic nitrogens is 1. The smallest absolute Gasteiger partial charge is 0.277 e. The van der Waals surface area contributed by atoms with E-state index in [1.807, 2.05) is 0 Å². The lowest BCUT2D eigenvalue weighted by molar-refractivity contribution is -0.385. The second kappa shape index (κ2) is 4.48. The summed E-state index contributed by atoms with van der Waals surface area (Å²) in [5.41, 5.74) is 0.579. The highest BCUT2D eigenvalue weighted by Gasteiger charge is 2.21. The fourth-order valence-electron chi connectivity index (χ4n) is 1.91. The molecule has 1 fully saturated rings. The zero-order valence-corrected chi connectivity index (χ0v) is 9.55. The molecule has 0 N–H and O–H groups in total. The minimum Gasteiger partial charge on any atom is -0.349 e. The summed E-state index contributed by atoms with van der Waals surface area (Å²) in [5.74, 6) is 0.664. The number of anilines is 1. The van der Waals surface area contributed by atoms with E-state index < -0.39 is 4.92 Å². The van der Waals surface area contributed by atoms with Crippen molar-refractivity contribution >= 4 is 17.3 Å². The Hall–Kier alpha value is -1.98. The van der Waals surface area contributed by atoms with Crippen LogP contribution < -0.4 is 4.90 Å². The van der Waals surface area contributed by atoms with Gasteiger partial charge in [0.05, 0.1) is 17.5 Å². The molecule has 0 saturated carbocycles. The first kappa shape index (κ1) is 11.5. The van der Waals surface area contributed by atoms with E-state index in [4.69, 9.17) is 0 Å². The third-order valence-electron chi connectivity index (χ3n) is 2.83. The number of carbonyl (C=O) groups is 1. The van der Waals surface area contributed by atoms with E-state index in [0.29, 0.717) is 24.3 Å². The molecule has 6 heteroatoms. The molecule has 0 spiro atoms. The number of rotatable bonds is 2. The Bertz CT molecular complexity index is 473. The normalized spacial score (nSPS) is 16.1. The molecule has 1 saturated heterocycles. The lowest BCUT2D eigenvalue weighted by Gasteiger charge is -2.26. The van der Waals surface area contributed by atoms with Crippen LogP contribution in [0.5, 0.6) is 0 Å². The third kappa shape index (κ3) is 2.41.